The van der Waals surface area contributed by atoms with Crippen LogP contribution in [0.4, 0.5) is 13.2 Å². The molecule has 0 saturated heterocycles. The molecule has 132 valence electrons. The molecule has 2 nitrogen and oxygen atoms in total. The number of phenolic OH excluding ortho intramolecular Hbond substituents is 1. The first-order chi connectivity index (χ1) is 11.2. The van der Waals surface area contributed by atoms with Gasteiger partial charge in [0.05, 0.1) is 6.10 Å². The average Bonchev–Trinajstić information content (AvgIpc) is 2.81. The first kappa shape index (κ1) is 16.2. The van der Waals surface area contributed by atoms with Gasteiger partial charge < -0.3 is 10.2 Å². The van der Waals surface area contributed by atoms with E-state index in [1.807, 2.05) is 0 Å². The summed E-state index contributed by atoms with van der Waals surface area (Å²) in [6, 6.07) is 2.91. The first-order valence-electron chi connectivity index (χ1n) is 8.83. The van der Waals surface area contributed by atoms with Crippen LogP contribution in [-0.4, -0.2) is 16.3 Å². The van der Waals surface area contributed by atoms with Crippen molar-refractivity contribution in [2.75, 3.05) is 0 Å². The molecule has 2 fully saturated rings. The quantitative estimate of drug-likeness (QED) is 0.723. The zero-order valence-electron chi connectivity index (χ0n) is 13.7. The van der Waals surface area contributed by atoms with Crippen LogP contribution in [0.2, 0.25) is 0 Å². The Hall–Kier alpha value is -1.23. The fourth-order valence-corrected chi connectivity index (χ4v) is 5.94. The van der Waals surface area contributed by atoms with Crippen LogP contribution in [0.15, 0.2) is 12.1 Å². The Kier molecular flexibility index (Phi) is 3.48. The van der Waals surface area contributed by atoms with Crippen LogP contribution in [0.25, 0.3) is 0 Å². The highest BCUT2D eigenvalue weighted by atomic mass is 19.4. The van der Waals surface area contributed by atoms with Crippen molar-refractivity contribution < 1.29 is 23.4 Å². The number of aliphatic hydroxyl groups excluding tert-OH is 1. The molecular weight excluding hydrogens is 317 g/mol. The molecule has 24 heavy (non-hydrogen) atoms. The molecule has 0 unspecified atom stereocenters. The number of aliphatic hydroxyl groups is 1. The summed E-state index contributed by atoms with van der Waals surface area (Å²) in [5, 5.41) is 20.1. The van der Waals surface area contributed by atoms with Crippen molar-refractivity contribution >= 4 is 0 Å². The van der Waals surface area contributed by atoms with E-state index in [1.54, 1.807) is 6.07 Å². The summed E-state index contributed by atoms with van der Waals surface area (Å²) in [5.41, 5.74) is 0.159. The summed E-state index contributed by atoms with van der Waals surface area (Å²) < 4.78 is 40.2. The number of benzene rings is 1. The van der Waals surface area contributed by atoms with Crippen molar-refractivity contribution in [2.45, 2.75) is 63.6 Å². The van der Waals surface area contributed by atoms with Gasteiger partial charge in [-0.15, -0.1) is 0 Å². The minimum Gasteiger partial charge on any atom is -0.507 e. The molecule has 5 atom stereocenters. The van der Waals surface area contributed by atoms with Crippen LogP contribution >= 0.6 is 0 Å². The van der Waals surface area contributed by atoms with Crippen LogP contribution in [0.3, 0.4) is 0 Å². The number of rotatable bonds is 0. The lowest BCUT2D eigenvalue weighted by atomic mass is 9.55. The van der Waals surface area contributed by atoms with Gasteiger partial charge in [-0.25, -0.2) is 0 Å². The number of fused-ring (bicyclic) bond motifs is 5. The Morgan fingerprint density at radius 2 is 1.88 bits per heavy atom. The number of aromatic hydroxyl groups is 1. The maximum absolute atomic E-state index is 13.4. The lowest BCUT2D eigenvalue weighted by Crippen LogP contribution is -2.44. The van der Waals surface area contributed by atoms with Crippen LogP contribution in [0.5, 0.6) is 5.75 Å². The van der Waals surface area contributed by atoms with Crippen molar-refractivity contribution in [3.8, 4) is 5.75 Å². The summed E-state index contributed by atoms with van der Waals surface area (Å²) in [5.74, 6) is 0.206. The molecule has 2 N–H and O–H groups in total. The fourth-order valence-electron chi connectivity index (χ4n) is 5.94. The van der Waals surface area contributed by atoms with E-state index in [2.05, 4.69) is 6.92 Å². The normalized spacial score (nSPS) is 38.4. The van der Waals surface area contributed by atoms with Gasteiger partial charge in [-0.1, -0.05) is 13.0 Å². The van der Waals surface area contributed by atoms with Crippen molar-refractivity contribution in [2.24, 2.45) is 17.3 Å². The van der Waals surface area contributed by atoms with E-state index in [4.69, 9.17) is 0 Å². The summed E-state index contributed by atoms with van der Waals surface area (Å²) in [6.07, 6.45) is -0.255. The lowest BCUT2D eigenvalue weighted by Gasteiger charge is -2.50. The number of halogens is 3. The predicted octanol–water partition coefficient (Wildman–Crippen LogP) is 4.63. The Morgan fingerprint density at radius 3 is 2.58 bits per heavy atom. The average molecular weight is 340 g/mol. The Balaban J connectivity index is 1.76. The van der Waals surface area contributed by atoms with Gasteiger partial charge in [0, 0.05) is 0 Å². The zero-order chi connectivity index (χ0) is 17.3. The summed E-state index contributed by atoms with van der Waals surface area (Å²) in [7, 11) is 0. The molecule has 0 amide bonds. The molecule has 0 radical (unpaired) electrons. The second-order valence-electron chi connectivity index (χ2n) is 8.08. The Bertz CT molecular complexity index is 669. The van der Waals surface area contributed by atoms with E-state index in [0.717, 1.165) is 37.7 Å². The van der Waals surface area contributed by atoms with Gasteiger partial charge in [-0.05, 0) is 78.9 Å². The topological polar surface area (TPSA) is 40.5 Å². The minimum atomic E-state index is -4.52. The standard InChI is InChI=1S/C19H23F3O2/c1-18-9-8-11-10-4-6-15(23)17(19(20,21)22)13(10)3-2-12(11)14(18)5-7-16(18)24/h4,6,11-12,14,16,23-24H,2-3,5,7-9H2,1H3/t11-,12-,14+,16+,18+/m1/s1. The van der Waals surface area contributed by atoms with Gasteiger partial charge in [-0.2, -0.15) is 13.2 Å². The van der Waals surface area contributed by atoms with E-state index in [1.165, 1.54) is 6.07 Å². The number of hydrogen-bond acceptors (Lipinski definition) is 2. The highest BCUT2D eigenvalue weighted by molar-refractivity contribution is 5.49. The molecule has 0 aliphatic heterocycles. The van der Waals surface area contributed by atoms with Gasteiger partial charge in [0.15, 0.2) is 0 Å². The highest BCUT2D eigenvalue weighted by Gasteiger charge is 2.55. The van der Waals surface area contributed by atoms with Crippen molar-refractivity contribution in [3.05, 3.63) is 28.8 Å². The maximum Gasteiger partial charge on any atom is 0.420 e. The minimum absolute atomic E-state index is 0.0809. The van der Waals surface area contributed by atoms with Crippen LogP contribution in [0.1, 0.15) is 61.6 Å². The molecule has 0 spiro atoms. The number of alkyl halides is 3. The van der Waals surface area contributed by atoms with Gasteiger partial charge >= 0.3 is 6.18 Å². The molecule has 3 aliphatic carbocycles. The van der Waals surface area contributed by atoms with Gasteiger partial charge in [0.1, 0.15) is 11.3 Å². The SMILES string of the molecule is C[C@]12CC[C@@H]3c4ccc(O)c(C(F)(F)F)c4CC[C@H]3[C@@H]1CC[C@@H]2O. The van der Waals surface area contributed by atoms with Crippen LogP contribution in [-0.2, 0) is 12.6 Å². The Labute approximate surface area is 139 Å². The second-order valence-corrected chi connectivity index (χ2v) is 8.08. The molecule has 0 bridgehead atoms. The molecule has 1 aromatic carbocycles. The van der Waals surface area contributed by atoms with Gasteiger partial charge in [-0.3, -0.25) is 0 Å². The summed E-state index contributed by atoms with van der Waals surface area (Å²) in [6.45, 7) is 2.15. The van der Waals surface area contributed by atoms with E-state index in [0.29, 0.717) is 23.8 Å². The van der Waals surface area contributed by atoms with E-state index in [-0.39, 0.29) is 17.4 Å². The van der Waals surface area contributed by atoms with Gasteiger partial charge in [0.2, 0.25) is 0 Å². The Morgan fingerprint density at radius 1 is 1.12 bits per heavy atom. The molecule has 3 aliphatic rings. The summed E-state index contributed by atoms with van der Waals surface area (Å²) >= 11 is 0. The number of phenols is 1. The fraction of sp³-hybridized carbons (Fsp3) is 0.684. The molecule has 2 saturated carbocycles. The van der Waals surface area contributed by atoms with Crippen molar-refractivity contribution in [1.82, 2.24) is 0 Å². The molecular formula is C19H23F3O2. The molecule has 4 rings (SSSR count). The van der Waals surface area contributed by atoms with Crippen LogP contribution < -0.4 is 0 Å². The van der Waals surface area contributed by atoms with E-state index in [9.17, 15) is 23.4 Å². The number of hydrogen-bond donors (Lipinski definition) is 2. The van der Waals surface area contributed by atoms with Crippen molar-refractivity contribution in [1.29, 1.82) is 0 Å². The van der Waals surface area contributed by atoms with Crippen LogP contribution in [0, 0.1) is 17.3 Å². The van der Waals surface area contributed by atoms with E-state index >= 15 is 0 Å². The highest BCUT2D eigenvalue weighted by Crippen LogP contribution is 2.61. The second kappa shape index (κ2) is 5.13. The molecule has 0 aromatic heterocycles. The third kappa shape index (κ3) is 2.13. The molecule has 1 aromatic rings. The first-order valence-corrected chi connectivity index (χ1v) is 8.83. The third-order valence-electron chi connectivity index (χ3n) is 7.12. The smallest absolute Gasteiger partial charge is 0.420 e. The van der Waals surface area contributed by atoms with Gasteiger partial charge in [0.25, 0.3) is 0 Å². The molecule has 5 heteroatoms. The van der Waals surface area contributed by atoms with Crippen molar-refractivity contribution in [3.63, 3.8) is 0 Å². The monoisotopic (exact) mass is 340 g/mol. The zero-order valence-corrected chi connectivity index (χ0v) is 13.7. The lowest BCUT2D eigenvalue weighted by molar-refractivity contribution is -0.139. The maximum atomic E-state index is 13.4. The largest absolute Gasteiger partial charge is 0.507 e. The van der Waals surface area contributed by atoms with E-state index < -0.39 is 17.5 Å². The molecule has 0 heterocycles. The third-order valence-corrected chi connectivity index (χ3v) is 7.12. The summed E-state index contributed by atoms with van der Waals surface area (Å²) in [4.78, 5) is 0. The predicted molar refractivity (Wildman–Crippen MR) is 83.7 cm³/mol.